The first-order valence-electron chi connectivity index (χ1n) is 10.6. The Balaban J connectivity index is 1.34. The predicted molar refractivity (Wildman–Crippen MR) is 121 cm³/mol. The van der Waals surface area contributed by atoms with Crippen LogP contribution in [0.4, 0.5) is 5.69 Å². The molecule has 2 aliphatic rings. The van der Waals surface area contributed by atoms with E-state index in [0.29, 0.717) is 29.4 Å². The maximum absolute atomic E-state index is 12.7. The number of fused-ring (bicyclic) bond motifs is 2. The molecule has 31 heavy (non-hydrogen) atoms. The van der Waals surface area contributed by atoms with Gasteiger partial charge in [-0.3, -0.25) is 18.4 Å². The van der Waals surface area contributed by atoms with E-state index in [1.807, 2.05) is 48.0 Å². The highest BCUT2D eigenvalue weighted by Crippen LogP contribution is 2.34. The average molecular weight is 441 g/mol. The van der Waals surface area contributed by atoms with Crippen LogP contribution < -0.4 is 10.6 Å². The van der Waals surface area contributed by atoms with E-state index in [1.54, 1.807) is 18.2 Å². The van der Waals surface area contributed by atoms with Crippen LogP contribution in [0.15, 0.2) is 41.4 Å². The molecule has 164 valence electrons. The third-order valence-corrected chi connectivity index (χ3v) is 6.79. The summed E-state index contributed by atoms with van der Waals surface area (Å²) in [5, 5.41) is 5.92. The van der Waals surface area contributed by atoms with E-state index in [-0.39, 0.29) is 23.1 Å². The average Bonchev–Trinajstić information content (AvgIpc) is 3.16. The molecule has 1 aromatic heterocycles. The molecule has 7 nitrogen and oxygen atoms in total. The highest BCUT2D eigenvalue weighted by atomic mass is 32.2. The van der Waals surface area contributed by atoms with E-state index in [4.69, 9.17) is 0 Å². The van der Waals surface area contributed by atoms with Gasteiger partial charge >= 0.3 is 0 Å². The largest absolute Gasteiger partial charge is 0.352 e. The van der Waals surface area contributed by atoms with Crippen LogP contribution in [0.3, 0.4) is 0 Å². The Bertz CT molecular complexity index is 1020. The molecule has 0 radical (unpaired) electrons. The summed E-state index contributed by atoms with van der Waals surface area (Å²) in [6, 6.07) is 8.97. The fourth-order valence-electron chi connectivity index (χ4n) is 3.92. The van der Waals surface area contributed by atoms with Crippen molar-refractivity contribution < 1.29 is 14.4 Å². The molecule has 1 fully saturated rings. The van der Waals surface area contributed by atoms with Crippen molar-refractivity contribution in [1.82, 2.24) is 14.2 Å². The van der Waals surface area contributed by atoms with Gasteiger partial charge in [-0.1, -0.05) is 20.8 Å². The SMILES string of the molecule is CC(C)(C)C(=O)N1CCC(CNC(=O)c2ccc3c(c2)NC(=O)c2cccn2S3)CC1. The van der Waals surface area contributed by atoms with Gasteiger partial charge in [0.1, 0.15) is 5.69 Å². The Labute approximate surface area is 186 Å². The zero-order valence-corrected chi connectivity index (χ0v) is 18.9. The molecular weight excluding hydrogens is 412 g/mol. The Kier molecular flexibility index (Phi) is 5.83. The first kappa shape index (κ1) is 21.5. The number of hydrogen-bond acceptors (Lipinski definition) is 4. The van der Waals surface area contributed by atoms with Crippen LogP contribution in [0.5, 0.6) is 0 Å². The lowest BCUT2D eigenvalue weighted by molar-refractivity contribution is -0.140. The minimum Gasteiger partial charge on any atom is -0.352 e. The monoisotopic (exact) mass is 440 g/mol. The summed E-state index contributed by atoms with van der Waals surface area (Å²) in [7, 11) is 0. The molecule has 3 heterocycles. The summed E-state index contributed by atoms with van der Waals surface area (Å²) in [6.45, 7) is 7.89. The van der Waals surface area contributed by atoms with Crippen molar-refractivity contribution in [2.45, 2.75) is 38.5 Å². The Morgan fingerprint density at radius 2 is 1.94 bits per heavy atom. The second kappa shape index (κ2) is 8.42. The van der Waals surface area contributed by atoms with E-state index >= 15 is 0 Å². The molecule has 2 aromatic rings. The summed E-state index contributed by atoms with van der Waals surface area (Å²) in [4.78, 5) is 40.4. The number of hydrogen-bond donors (Lipinski definition) is 2. The second-order valence-corrected chi connectivity index (χ2v) is 10.2. The minimum absolute atomic E-state index is 0.154. The summed E-state index contributed by atoms with van der Waals surface area (Å²) in [5.41, 5.74) is 1.37. The van der Waals surface area contributed by atoms with Crippen molar-refractivity contribution in [3.8, 4) is 0 Å². The molecule has 8 heteroatoms. The lowest BCUT2D eigenvalue weighted by Crippen LogP contribution is -2.45. The number of aromatic nitrogens is 1. The number of amides is 3. The van der Waals surface area contributed by atoms with Crippen LogP contribution in [0, 0.1) is 11.3 Å². The first-order valence-corrected chi connectivity index (χ1v) is 11.4. The molecule has 0 bridgehead atoms. The normalized spacial score (nSPS) is 16.7. The molecule has 1 saturated heterocycles. The van der Waals surface area contributed by atoms with Gasteiger partial charge in [0.05, 0.1) is 10.6 Å². The van der Waals surface area contributed by atoms with Crippen molar-refractivity contribution in [2.75, 3.05) is 25.0 Å². The molecule has 0 spiro atoms. The number of likely N-dealkylation sites (tertiary alicyclic amines) is 1. The molecule has 2 N–H and O–H groups in total. The number of piperidine rings is 1. The molecule has 3 amide bonds. The zero-order chi connectivity index (χ0) is 22.2. The predicted octanol–water partition coefficient (Wildman–Crippen LogP) is 3.62. The van der Waals surface area contributed by atoms with Crippen molar-refractivity contribution in [1.29, 1.82) is 0 Å². The topological polar surface area (TPSA) is 83.4 Å². The van der Waals surface area contributed by atoms with Gasteiger partial charge in [0, 0.05) is 36.8 Å². The summed E-state index contributed by atoms with van der Waals surface area (Å²) in [6.07, 6.45) is 3.62. The number of nitrogens with zero attached hydrogens (tertiary/aromatic N) is 2. The van der Waals surface area contributed by atoms with E-state index in [9.17, 15) is 14.4 Å². The number of benzene rings is 1. The third kappa shape index (κ3) is 4.63. The first-order chi connectivity index (χ1) is 14.7. The van der Waals surface area contributed by atoms with Crippen molar-refractivity contribution >= 4 is 35.4 Å². The van der Waals surface area contributed by atoms with Gasteiger partial charge in [-0.05, 0) is 61.0 Å². The number of carbonyl (C=O) groups excluding carboxylic acids is 3. The Morgan fingerprint density at radius 1 is 1.19 bits per heavy atom. The van der Waals surface area contributed by atoms with E-state index in [1.165, 1.54) is 11.9 Å². The van der Waals surface area contributed by atoms with Gasteiger partial charge in [-0.2, -0.15) is 0 Å². The summed E-state index contributed by atoms with van der Waals surface area (Å²) in [5.74, 6) is 0.200. The van der Waals surface area contributed by atoms with Crippen LogP contribution in [0.25, 0.3) is 0 Å². The Hall–Kier alpha value is -2.74. The van der Waals surface area contributed by atoms with E-state index in [0.717, 1.165) is 30.8 Å². The van der Waals surface area contributed by atoms with E-state index in [2.05, 4.69) is 10.6 Å². The maximum atomic E-state index is 12.7. The molecule has 0 aliphatic carbocycles. The molecule has 0 saturated carbocycles. The van der Waals surface area contributed by atoms with Crippen LogP contribution in [-0.2, 0) is 4.79 Å². The molecule has 2 aliphatic heterocycles. The lowest BCUT2D eigenvalue weighted by atomic mass is 9.91. The fraction of sp³-hybridized carbons (Fsp3) is 0.435. The quantitative estimate of drug-likeness (QED) is 0.764. The molecule has 1 aromatic carbocycles. The number of carbonyl (C=O) groups is 3. The van der Waals surface area contributed by atoms with Crippen LogP contribution in [-0.4, -0.2) is 46.2 Å². The van der Waals surface area contributed by atoms with Crippen molar-refractivity contribution in [2.24, 2.45) is 11.3 Å². The van der Waals surface area contributed by atoms with Gasteiger partial charge in [-0.15, -0.1) is 0 Å². The fourth-order valence-corrected chi connectivity index (χ4v) is 4.84. The minimum atomic E-state index is -0.359. The van der Waals surface area contributed by atoms with Gasteiger partial charge in [0.15, 0.2) is 0 Å². The summed E-state index contributed by atoms with van der Waals surface area (Å²) >= 11 is 1.44. The van der Waals surface area contributed by atoms with Gasteiger partial charge in [-0.25, -0.2) is 0 Å². The number of anilines is 1. The van der Waals surface area contributed by atoms with Gasteiger partial charge < -0.3 is 15.5 Å². The van der Waals surface area contributed by atoms with E-state index < -0.39 is 0 Å². The smallest absolute Gasteiger partial charge is 0.273 e. The lowest BCUT2D eigenvalue weighted by Gasteiger charge is -2.35. The maximum Gasteiger partial charge on any atom is 0.273 e. The van der Waals surface area contributed by atoms with Crippen LogP contribution in [0.2, 0.25) is 0 Å². The summed E-state index contributed by atoms with van der Waals surface area (Å²) < 4.78 is 1.82. The molecule has 0 unspecified atom stereocenters. The Morgan fingerprint density at radius 3 is 2.65 bits per heavy atom. The van der Waals surface area contributed by atoms with Crippen molar-refractivity contribution in [3.63, 3.8) is 0 Å². The van der Waals surface area contributed by atoms with Gasteiger partial charge in [0.25, 0.3) is 11.8 Å². The van der Waals surface area contributed by atoms with Gasteiger partial charge in [0.2, 0.25) is 5.91 Å². The molecule has 4 rings (SSSR count). The number of rotatable bonds is 3. The molecule has 0 atom stereocenters. The van der Waals surface area contributed by atoms with Crippen molar-refractivity contribution in [3.05, 3.63) is 47.8 Å². The second-order valence-electron chi connectivity index (χ2n) is 9.17. The highest BCUT2D eigenvalue weighted by Gasteiger charge is 2.30. The standard InChI is InChI=1S/C23H28N4O3S/c1-23(2,3)22(30)26-11-8-15(9-12-26)14-24-20(28)16-6-7-19-17(13-16)25-21(29)18-5-4-10-27(18)31-19/h4-7,10,13,15H,8-9,11-12,14H2,1-3H3,(H,24,28)(H,25,29). The zero-order valence-electron chi connectivity index (χ0n) is 18.1. The van der Waals surface area contributed by atoms with Crippen LogP contribution >= 0.6 is 11.9 Å². The molecular formula is C23H28N4O3S. The third-order valence-electron chi connectivity index (χ3n) is 5.73. The highest BCUT2D eigenvalue weighted by molar-refractivity contribution is 7.98. The number of nitrogens with one attached hydrogen (secondary N) is 2. The van der Waals surface area contributed by atoms with Crippen LogP contribution in [0.1, 0.15) is 54.5 Å².